The van der Waals surface area contributed by atoms with Gasteiger partial charge in [-0.1, -0.05) is 19.9 Å². The monoisotopic (exact) mass is 273 g/mol. The first-order valence-electron chi connectivity index (χ1n) is 7.14. The number of urea groups is 1. The molecule has 0 aliphatic rings. The van der Waals surface area contributed by atoms with Gasteiger partial charge in [-0.2, -0.15) is 0 Å². The molecule has 2 aromatic rings. The molecule has 0 unspecified atom stereocenters. The third-order valence-corrected chi connectivity index (χ3v) is 3.28. The topological polar surface area (TPSA) is 56.9 Å². The number of H-pyrrole nitrogens is 1. The molecule has 0 radical (unpaired) electrons. The number of nitrogens with one attached hydrogen (secondary N) is 3. The van der Waals surface area contributed by atoms with Gasteiger partial charge in [-0.05, 0) is 48.4 Å². The molecule has 4 nitrogen and oxygen atoms in total. The number of aromatic nitrogens is 1. The van der Waals surface area contributed by atoms with E-state index in [0.29, 0.717) is 12.5 Å². The Hall–Kier alpha value is -1.97. The van der Waals surface area contributed by atoms with Crippen molar-refractivity contribution in [2.24, 2.45) is 5.92 Å². The van der Waals surface area contributed by atoms with Crippen molar-refractivity contribution < 1.29 is 4.79 Å². The fraction of sp³-hybridized carbons (Fsp3) is 0.438. The number of carbonyl (C=O) groups excluding carboxylic acids is 1. The van der Waals surface area contributed by atoms with Crippen LogP contribution in [0.4, 0.5) is 4.79 Å². The van der Waals surface area contributed by atoms with Crippen LogP contribution < -0.4 is 10.6 Å². The lowest BCUT2D eigenvalue weighted by molar-refractivity contribution is 0.240. The van der Waals surface area contributed by atoms with E-state index in [4.69, 9.17) is 0 Å². The zero-order valence-corrected chi connectivity index (χ0v) is 12.4. The van der Waals surface area contributed by atoms with E-state index in [0.717, 1.165) is 29.7 Å². The fourth-order valence-electron chi connectivity index (χ4n) is 2.16. The van der Waals surface area contributed by atoms with Gasteiger partial charge in [0.05, 0.1) is 0 Å². The quantitative estimate of drug-likeness (QED) is 0.769. The first kappa shape index (κ1) is 14.4. The predicted molar refractivity (Wildman–Crippen MR) is 82.7 cm³/mol. The van der Waals surface area contributed by atoms with Crippen LogP contribution in [-0.2, 0) is 6.54 Å². The Morgan fingerprint density at radius 3 is 2.80 bits per heavy atom. The second kappa shape index (κ2) is 6.46. The van der Waals surface area contributed by atoms with Crippen LogP contribution in [0.15, 0.2) is 24.3 Å². The molecule has 1 aromatic carbocycles. The second-order valence-electron chi connectivity index (χ2n) is 5.67. The molecule has 0 bridgehead atoms. The van der Waals surface area contributed by atoms with Crippen LogP contribution in [0.3, 0.4) is 0 Å². The SMILES string of the molecule is Cc1cc2cc(CNC(=O)NCCC(C)C)ccc2[nH]1. The number of hydrogen-bond donors (Lipinski definition) is 3. The largest absolute Gasteiger partial charge is 0.359 e. The summed E-state index contributed by atoms with van der Waals surface area (Å²) in [7, 11) is 0. The van der Waals surface area contributed by atoms with Crippen molar-refractivity contribution in [3.05, 3.63) is 35.5 Å². The van der Waals surface area contributed by atoms with Gasteiger partial charge in [-0.25, -0.2) is 4.79 Å². The number of aromatic amines is 1. The zero-order valence-electron chi connectivity index (χ0n) is 12.4. The van der Waals surface area contributed by atoms with Gasteiger partial charge in [0.15, 0.2) is 0 Å². The van der Waals surface area contributed by atoms with Gasteiger partial charge in [0.2, 0.25) is 0 Å². The summed E-state index contributed by atoms with van der Waals surface area (Å²) in [6.07, 6.45) is 1.00. The Morgan fingerprint density at radius 2 is 2.05 bits per heavy atom. The highest BCUT2D eigenvalue weighted by Crippen LogP contribution is 2.16. The summed E-state index contributed by atoms with van der Waals surface area (Å²) >= 11 is 0. The minimum absolute atomic E-state index is 0.101. The Labute approximate surface area is 120 Å². The van der Waals surface area contributed by atoms with Gasteiger partial charge in [-0.15, -0.1) is 0 Å². The van der Waals surface area contributed by atoms with Gasteiger partial charge >= 0.3 is 6.03 Å². The van der Waals surface area contributed by atoms with Crippen molar-refractivity contribution in [1.29, 1.82) is 0 Å². The van der Waals surface area contributed by atoms with Crippen LogP contribution in [0.1, 0.15) is 31.5 Å². The first-order chi connectivity index (χ1) is 9.54. The Morgan fingerprint density at radius 1 is 1.25 bits per heavy atom. The molecular weight excluding hydrogens is 250 g/mol. The average Bonchev–Trinajstić information content (AvgIpc) is 2.75. The summed E-state index contributed by atoms with van der Waals surface area (Å²) in [6.45, 7) is 7.61. The normalized spacial score (nSPS) is 11.0. The maximum Gasteiger partial charge on any atom is 0.315 e. The molecule has 20 heavy (non-hydrogen) atoms. The van der Waals surface area contributed by atoms with Gasteiger partial charge in [0.1, 0.15) is 0 Å². The number of rotatable bonds is 5. The van der Waals surface area contributed by atoms with Gasteiger partial charge in [0.25, 0.3) is 0 Å². The molecule has 3 N–H and O–H groups in total. The average molecular weight is 273 g/mol. The molecule has 108 valence electrons. The maximum absolute atomic E-state index is 11.6. The first-order valence-corrected chi connectivity index (χ1v) is 7.14. The molecule has 0 saturated carbocycles. The van der Waals surface area contributed by atoms with Crippen molar-refractivity contribution >= 4 is 16.9 Å². The van der Waals surface area contributed by atoms with E-state index in [2.05, 4.69) is 47.7 Å². The minimum atomic E-state index is -0.101. The van der Waals surface area contributed by atoms with Crippen LogP contribution in [-0.4, -0.2) is 17.6 Å². The number of fused-ring (bicyclic) bond motifs is 1. The Balaban J connectivity index is 1.84. The lowest BCUT2D eigenvalue weighted by Crippen LogP contribution is -2.35. The molecule has 2 rings (SSSR count). The number of aryl methyl sites for hydroxylation is 1. The highest BCUT2D eigenvalue weighted by molar-refractivity contribution is 5.81. The van der Waals surface area contributed by atoms with E-state index >= 15 is 0 Å². The Kier molecular flexibility index (Phi) is 4.66. The molecule has 0 fully saturated rings. The zero-order chi connectivity index (χ0) is 14.5. The van der Waals surface area contributed by atoms with Gasteiger partial charge < -0.3 is 15.6 Å². The van der Waals surface area contributed by atoms with E-state index in [9.17, 15) is 4.79 Å². The molecule has 0 atom stereocenters. The summed E-state index contributed by atoms with van der Waals surface area (Å²) in [5.74, 6) is 0.606. The number of benzene rings is 1. The molecule has 2 amide bonds. The van der Waals surface area contributed by atoms with Crippen molar-refractivity contribution in [3.8, 4) is 0 Å². The van der Waals surface area contributed by atoms with Crippen molar-refractivity contribution in [2.45, 2.75) is 33.7 Å². The predicted octanol–water partition coefficient (Wildman–Crippen LogP) is 3.32. The summed E-state index contributed by atoms with van der Waals surface area (Å²) in [5.41, 5.74) is 3.39. The van der Waals surface area contributed by atoms with Gasteiger partial charge in [0, 0.05) is 24.3 Å². The number of amides is 2. The third-order valence-electron chi connectivity index (χ3n) is 3.28. The molecular formula is C16H23N3O. The van der Waals surface area contributed by atoms with E-state index in [1.807, 2.05) is 13.0 Å². The summed E-state index contributed by atoms with van der Waals surface area (Å²) < 4.78 is 0. The highest BCUT2D eigenvalue weighted by Gasteiger charge is 2.03. The van der Waals surface area contributed by atoms with Crippen molar-refractivity contribution in [1.82, 2.24) is 15.6 Å². The highest BCUT2D eigenvalue weighted by atomic mass is 16.2. The van der Waals surface area contributed by atoms with Crippen LogP contribution in [0.25, 0.3) is 10.9 Å². The maximum atomic E-state index is 11.6. The standard InChI is InChI=1S/C16H23N3O/c1-11(2)6-7-17-16(20)18-10-13-4-5-15-14(9-13)8-12(3)19-15/h4-5,8-9,11,19H,6-7,10H2,1-3H3,(H2,17,18,20). The summed E-state index contributed by atoms with van der Waals surface area (Å²) in [6, 6.07) is 8.20. The molecule has 4 heteroatoms. The third kappa shape index (κ3) is 4.02. The lowest BCUT2D eigenvalue weighted by atomic mass is 10.1. The van der Waals surface area contributed by atoms with Gasteiger partial charge in [-0.3, -0.25) is 0 Å². The fourth-order valence-corrected chi connectivity index (χ4v) is 2.16. The molecule has 1 aromatic heterocycles. The minimum Gasteiger partial charge on any atom is -0.359 e. The second-order valence-corrected chi connectivity index (χ2v) is 5.67. The number of hydrogen-bond acceptors (Lipinski definition) is 1. The van der Waals surface area contributed by atoms with E-state index in [1.54, 1.807) is 0 Å². The van der Waals surface area contributed by atoms with Crippen LogP contribution in [0.2, 0.25) is 0 Å². The molecule has 0 aliphatic carbocycles. The smallest absolute Gasteiger partial charge is 0.315 e. The van der Waals surface area contributed by atoms with E-state index in [-0.39, 0.29) is 6.03 Å². The van der Waals surface area contributed by atoms with Crippen molar-refractivity contribution in [3.63, 3.8) is 0 Å². The van der Waals surface area contributed by atoms with E-state index in [1.165, 1.54) is 5.39 Å². The van der Waals surface area contributed by atoms with Crippen LogP contribution >= 0.6 is 0 Å². The van der Waals surface area contributed by atoms with Crippen molar-refractivity contribution in [2.75, 3.05) is 6.54 Å². The molecule has 1 heterocycles. The summed E-state index contributed by atoms with van der Waals surface area (Å²) in [5, 5.41) is 6.94. The Bertz CT molecular complexity index is 586. The summed E-state index contributed by atoms with van der Waals surface area (Å²) in [4.78, 5) is 14.9. The lowest BCUT2D eigenvalue weighted by Gasteiger charge is -2.09. The molecule has 0 saturated heterocycles. The van der Waals surface area contributed by atoms with Crippen LogP contribution in [0.5, 0.6) is 0 Å². The van der Waals surface area contributed by atoms with E-state index < -0.39 is 0 Å². The van der Waals surface area contributed by atoms with Crippen LogP contribution in [0, 0.1) is 12.8 Å². The molecule has 0 spiro atoms. The molecule has 0 aliphatic heterocycles. The number of carbonyl (C=O) groups is 1.